The summed E-state index contributed by atoms with van der Waals surface area (Å²) in [6.45, 7) is 4.00. The second-order valence-electron chi connectivity index (χ2n) is 6.52. The molecule has 30 heavy (non-hydrogen) atoms. The largest absolute Gasteiger partial charge is 1.00 e. The number of aromatic nitrogens is 2. The van der Waals surface area contributed by atoms with Gasteiger partial charge in [0, 0.05) is 23.7 Å². The predicted octanol–water partition coefficient (Wildman–Crippen LogP) is 0.806. The van der Waals surface area contributed by atoms with E-state index in [1.54, 1.807) is 24.7 Å². The van der Waals surface area contributed by atoms with Crippen LogP contribution in [0.15, 0.2) is 61.2 Å². The average molecular weight is 429 g/mol. The van der Waals surface area contributed by atoms with Gasteiger partial charge in [-0.05, 0) is 30.7 Å². The van der Waals surface area contributed by atoms with Gasteiger partial charge in [0.15, 0.2) is 0 Å². The maximum atomic E-state index is 12.5. The van der Waals surface area contributed by atoms with Gasteiger partial charge in [-0.25, -0.2) is 0 Å². The van der Waals surface area contributed by atoms with Crippen molar-refractivity contribution in [2.24, 2.45) is 0 Å². The van der Waals surface area contributed by atoms with E-state index in [0.29, 0.717) is 17.0 Å². The second kappa shape index (κ2) is 11.9. The smallest absolute Gasteiger partial charge is 0.560 e. The molecular formula is C22H23KN5O2-. The van der Waals surface area contributed by atoms with E-state index in [9.17, 15) is 4.79 Å². The third kappa shape index (κ3) is 7.00. The van der Waals surface area contributed by atoms with Gasteiger partial charge in [0.1, 0.15) is 5.75 Å². The van der Waals surface area contributed by atoms with Crippen molar-refractivity contribution >= 4 is 17.4 Å². The summed E-state index contributed by atoms with van der Waals surface area (Å²) < 4.78 is 5.11. The summed E-state index contributed by atoms with van der Waals surface area (Å²) in [5.74, 6) is 1.07. The van der Waals surface area contributed by atoms with Crippen LogP contribution >= 0.6 is 0 Å². The fraction of sp³-hybridized carbons (Fsp3) is 0.182. The first-order valence-corrected chi connectivity index (χ1v) is 9.14. The molecule has 0 aliphatic heterocycles. The second-order valence-corrected chi connectivity index (χ2v) is 6.52. The van der Waals surface area contributed by atoms with Crippen LogP contribution in [0.5, 0.6) is 5.75 Å². The van der Waals surface area contributed by atoms with Crippen molar-refractivity contribution in [2.45, 2.75) is 19.9 Å². The summed E-state index contributed by atoms with van der Waals surface area (Å²) in [5.41, 5.74) is 3.24. The minimum Gasteiger partial charge on any atom is -0.560 e. The average Bonchev–Trinajstić information content (AvgIpc) is 3.16. The van der Waals surface area contributed by atoms with Crippen LogP contribution in [0.3, 0.4) is 0 Å². The van der Waals surface area contributed by atoms with Crippen molar-refractivity contribution in [3.63, 3.8) is 0 Å². The molecule has 1 aromatic carbocycles. The number of amides is 1. The number of hydrogen-bond acceptors (Lipinski definition) is 6. The van der Waals surface area contributed by atoms with Crippen molar-refractivity contribution in [1.82, 2.24) is 15.3 Å². The van der Waals surface area contributed by atoms with Crippen LogP contribution in [-0.2, 0) is 0 Å². The Kier molecular flexibility index (Phi) is 9.60. The molecule has 0 saturated heterocycles. The van der Waals surface area contributed by atoms with Gasteiger partial charge in [0.25, 0.3) is 5.91 Å². The third-order valence-corrected chi connectivity index (χ3v) is 4.22. The Morgan fingerprint density at radius 3 is 2.83 bits per heavy atom. The van der Waals surface area contributed by atoms with E-state index in [4.69, 9.17) is 4.74 Å². The van der Waals surface area contributed by atoms with E-state index >= 15 is 0 Å². The van der Waals surface area contributed by atoms with Crippen molar-refractivity contribution in [2.75, 3.05) is 17.7 Å². The number of methoxy groups -OCH3 is 1. The Balaban J connectivity index is 0.00000320. The first-order valence-electron chi connectivity index (χ1n) is 9.14. The summed E-state index contributed by atoms with van der Waals surface area (Å²) in [5, 5.41) is 9.11. The standard InChI is InChI=1S/C22H23N5O2.K/c1-15-9-21(26-12-15)25-8-7-24-16(2)17-5-4-6-19(10-17)27-22(28)18-11-20(29-3)14-23-13-18;/h4-6,8-14,16,24H,1-3H3,(H,25,26)(H,27,28);/q-2;+1. The van der Waals surface area contributed by atoms with Crippen molar-refractivity contribution < 1.29 is 60.9 Å². The predicted molar refractivity (Wildman–Crippen MR) is 113 cm³/mol. The van der Waals surface area contributed by atoms with E-state index in [1.807, 2.05) is 44.2 Å². The van der Waals surface area contributed by atoms with E-state index in [0.717, 1.165) is 16.9 Å². The molecule has 1 atom stereocenters. The third-order valence-electron chi connectivity index (χ3n) is 4.22. The number of rotatable bonds is 8. The summed E-state index contributed by atoms with van der Waals surface area (Å²) in [6.07, 6.45) is 9.54. The molecule has 8 heteroatoms. The van der Waals surface area contributed by atoms with Gasteiger partial charge >= 0.3 is 51.4 Å². The summed E-state index contributed by atoms with van der Waals surface area (Å²) in [4.78, 5) is 20.7. The van der Waals surface area contributed by atoms with E-state index in [1.165, 1.54) is 13.3 Å². The zero-order chi connectivity index (χ0) is 20.6. The Labute approximate surface area is 219 Å². The maximum Gasteiger partial charge on any atom is 1.00 e. The summed E-state index contributed by atoms with van der Waals surface area (Å²) in [7, 11) is 1.54. The minimum absolute atomic E-state index is 0. The van der Waals surface area contributed by atoms with E-state index in [2.05, 4.69) is 32.1 Å². The van der Waals surface area contributed by atoms with Crippen LogP contribution in [0.2, 0.25) is 0 Å². The molecule has 1 amide bonds. The Morgan fingerprint density at radius 2 is 2.10 bits per heavy atom. The number of nitrogens with zero attached hydrogens (tertiary/aromatic N) is 2. The molecule has 150 valence electrons. The van der Waals surface area contributed by atoms with Crippen molar-refractivity contribution in [1.29, 1.82) is 0 Å². The number of carbonyl (C=O) groups is 1. The van der Waals surface area contributed by atoms with E-state index in [-0.39, 0.29) is 63.3 Å². The molecular weight excluding hydrogens is 405 g/mol. The van der Waals surface area contributed by atoms with Gasteiger partial charge in [0.05, 0.1) is 18.9 Å². The fourth-order valence-electron chi connectivity index (χ4n) is 2.64. The number of ether oxygens (including phenoxy) is 1. The molecule has 2 heterocycles. The Bertz CT molecular complexity index is 1000. The molecule has 3 N–H and O–H groups in total. The molecule has 0 bridgehead atoms. The molecule has 1 unspecified atom stereocenters. The molecule has 0 aliphatic carbocycles. The number of aryl methyl sites for hydroxylation is 1. The molecule has 0 saturated carbocycles. The maximum absolute atomic E-state index is 12.5. The Hall–Kier alpha value is -2.10. The molecule has 3 rings (SSSR count). The Morgan fingerprint density at radius 1 is 1.27 bits per heavy atom. The van der Waals surface area contributed by atoms with Gasteiger partial charge in [0.2, 0.25) is 0 Å². The van der Waals surface area contributed by atoms with Gasteiger partial charge in [-0.1, -0.05) is 19.1 Å². The number of hydrogen-bond donors (Lipinski definition) is 3. The normalized spacial score (nSPS) is 11.4. The molecule has 3 aromatic rings. The topological polar surface area (TPSA) is 88.2 Å². The summed E-state index contributed by atoms with van der Waals surface area (Å²) >= 11 is 0. The van der Waals surface area contributed by atoms with Crippen LogP contribution in [-0.4, -0.2) is 23.0 Å². The minimum atomic E-state index is -0.248. The fourth-order valence-corrected chi connectivity index (χ4v) is 2.64. The molecule has 0 aliphatic rings. The van der Waals surface area contributed by atoms with Gasteiger partial charge in [-0.2, -0.15) is 17.8 Å². The SMILES string of the molecule is COc1cncc(C(=O)Nc2cccc(C(C)N[C-]=CNc3[cH-]c(C)cn3)c2)c1.[K+]. The monoisotopic (exact) mass is 428 g/mol. The van der Waals surface area contributed by atoms with Gasteiger partial charge < -0.3 is 31.9 Å². The molecule has 7 nitrogen and oxygen atoms in total. The van der Waals surface area contributed by atoms with Crippen LogP contribution in [0, 0.1) is 13.1 Å². The van der Waals surface area contributed by atoms with Crippen molar-refractivity contribution in [3.8, 4) is 5.75 Å². The molecule has 2 aromatic heterocycles. The zero-order valence-electron chi connectivity index (χ0n) is 17.6. The first-order chi connectivity index (χ1) is 14.0. The quantitative estimate of drug-likeness (QED) is 0.280. The number of anilines is 2. The van der Waals surface area contributed by atoms with Crippen LogP contribution in [0.25, 0.3) is 0 Å². The number of carbonyl (C=O) groups excluding carboxylic acids is 1. The zero-order valence-corrected chi connectivity index (χ0v) is 20.7. The van der Waals surface area contributed by atoms with Crippen LogP contribution < -0.4 is 72.1 Å². The van der Waals surface area contributed by atoms with Gasteiger partial charge in [-0.3, -0.25) is 9.78 Å². The van der Waals surface area contributed by atoms with Crippen LogP contribution in [0.1, 0.15) is 34.5 Å². The number of nitrogens with one attached hydrogen (secondary N) is 3. The number of pyridine rings is 1. The summed E-state index contributed by atoms with van der Waals surface area (Å²) in [6, 6.07) is 11.2. The van der Waals surface area contributed by atoms with Crippen molar-refractivity contribution in [3.05, 3.63) is 84.1 Å². The molecule has 0 fully saturated rings. The molecule has 0 spiro atoms. The first kappa shape index (κ1) is 24.2. The van der Waals surface area contributed by atoms with Gasteiger partial charge in [-0.15, -0.1) is 6.20 Å². The molecule has 0 radical (unpaired) electrons. The van der Waals surface area contributed by atoms with E-state index < -0.39 is 0 Å². The number of benzene rings is 1. The van der Waals surface area contributed by atoms with Crippen LogP contribution in [0.4, 0.5) is 11.5 Å².